The Morgan fingerprint density at radius 1 is 1.20 bits per heavy atom. The van der Waals surface area contributed by atoms with Gasteiger partial charge in [0.25, 0.3) is 0 Å². The second kappa shape index (κ2) is 6.46. The quantitative estimate of drug-likeness (QED) is 0.838. The maximum absolute atomic E-state index is 12.3. The van der Waals surface area contributed by atoms with Crippen molar-refractivity contribution in [2.24, 2.45) is 17.8 Å². The third-order valence-electron chi connectivity index (χ3n) is 5.94. The van der Waals surface area contributed by atoms with Crippen LogP contribution in [-0.2, 0) is 4.79 Å². The van der Waals surface area contributed by atoms with E-state index in [0.29, 0.717) is 11.9 Å². The zero-order valence-corrected chi connectivity index (χ0v) is 12.9. The summed E-state index contributed by atoms with van der Waals surface area (Å²) >= 11 is 0. The molecular formula is C17H30N2O. The van der Waals surface area contributed by atoms with Crippen LogP contribution in [0.25, 0.3) is 0 Å². The van der Waals surface area contributed by atoms with Crippen molar-refractivity contribution in [3.63, 3.8) is 0 Å². The molecule has 1 N–H and O–H groups in total. The standard InChI is InChI=1S/C17H30N2O/c1-19(12-15-11-13-5-6-14(15)10-13)17(20)8-7-16-4-2-3-9-18-16/h13-16,18H,2-12H2,1H3. The van der Waals surface area contributed by atoms with E-state index >= 15 is 0 Å². The summed E-state index contributed by atoms with van der Waals surface area (Å²) in [5.74, 6) is 3.07. The molecule has 4 atom stereocenters. The number of carbonyl (C=O) groups excluding carboxylic acids is 1. The van der Waals surface area contributed by atoms with Crippen LogP contribution in [0.4, 0.5) is 0 Å². The molecule has 20 heavy (non-hydrogen) atoms. The van der Waals surface area contributed by atoms with Crippen LogP contribution in [0.5, 0.6) is 0 Å². The van der Waals surface area contributed by atoms with Crippen molar-refractivity contribution in [3.8, 4) is 0 Å². The molecule has 0 spiro atoms. The molecule has 3 heteroatoms. The van der Waals surface area contributed by atoms with E-state index in [1.165, 1.54) is 44.9 Å². The molecule has 3 nitrogen and oxygen atoms in total. The molecule has 4 unspecified atom stereocenters. The smallest absolute Gasteiger partial charge is 0.222 e. The molecule has 3 fully saturated rings. The highest BCUT2D eigenvalue weighted by atomic mass is 16.2. The molecular weight excluding hydrogens is 248 g/mol. The highest BCUT2D eigenvalue weighted by Crippen LogP contribution is 2.48. The Balaban J connectivity index is 1.38. The second-order valence-electron chi connectivity index (χ2n) is 7.39. The van der Waals surface area contributed by atoms with Gasteiger partial charge in [0.2, 0.25) is 5.91 Å². The predicted octanol–water partition coefficient (Wildman–Crippen LogP) is 2.80. The zero-order chi connectivity index (χ0) is 13.9. The molecule has 0 aromatic rings. The van der Waals surface area contributed by atoms with Gasteiger partial charge in [0, 0.05) is 26.1 Å². The minimum Gasteiger partial charge on any atom is -0.345 e. The van der Waals surface area contributed by atoms with E-state index < -0.39 is 0 Å². The number of hydrogen-bond acceptors (Lipinski definition) is 2. The highest BCUT2D eigenvalue weighted by molar-refractivity contribution is 5.75. The Morgan fingerprint density at radius 3 is 2.75 bits per heavy atom. The first-order chi connectivity index (χ1) is 9.72. The van der Waals surface area contributed by atoms with Gasteiger partial charge < -0.3 is 10.2 Å². The van der Waals surface area contributed by atoms with E-state index in [-0.39, 0.29) is 0 Å². The van der Waals surface area contributed by atoms with Crippen LogP contribution in [0.15, 0.2) is 0 Å². The van der Waals surface area contributed by atoms with Crippen molar-refractivity contribution in [1.29, 1.82) is 0 Å². The Morgan fingerprint density at radius 2 is 2.10 bits per heavy atom. The molecule has 3 aliphatic rings. The fourth-order valence-corrected chi connectivity index (χ4v) is 4.71. The highest BCUT2D eigenvalue weighted by Gasteiger charge is 2.40. The summed E-state index contributed by atoms with van der Waals surface area (Å²) in [5.41, 5.74) is 0. The maximum atomic E-state index is 12.3. The molecule has 1 amide bonds. The largest absolute Gasteiger partial charge is 0.345 e. The van der Waals surface area contributed by atoms with E-state index in [0.717, 1.165) is 43.7 Å². The summed E-state index contributed by atoms with van der Waals surface area (Å²) in [6.07, 6.45) is 11.3. The Labute approximate surface area is 123 Å². The van der Waals surface area contributed by atoms with Gasteiger partial charge in [-0.2, -0.15) is 0 Å². The normalized spacial score (nSPS) is 36.2. The fourth-order valence-electron chi connectivity index (χ4n) is 4.71. The van der Waals surface area contributed by atoms with Crippen LogP contribution in [0.3, 0.4) is 0 Å². The Kier molecular flexibility index (Phi) is 4.65. The summed E-state index contributed by atoms with van der Waals surface area (Å²) in [5, 5.41) is 3.54. The first kappa shape index (κ1) is 14.4. The number of piperidine rings is 1. The molecule has 1 saturated heterocycles. The molecule has 0 aromatic heterocycles. The molecule has 0 aromatic carbocycles. The van der Waals surface area contributed by atoms with Crippen LogP contribution in [0.1, 0.15) is 57.8 Å². The average molecular weight is 278 g/mol. The lowest BCUT2D eigenvalue weighted by Crippen LogP contribution is -2.37. The molecule has 1 heterocycles. The lowest BCUT2D eigenvalue weighted by molar-refractivity contribution is -0.130. The second-order valence-corrected chi connectivity index (χ2v) is 7.39. The topological polar surface area (TPSA) is 32.3 Å². The van der Waals surface area contributed by atoms with Gasteiger partial charge in [-0.3, -0.25) is 4.79 Å². The summed E-state index contributed by atoms with van der Waals surface area (Å²) in [4.78, 5) is 14.3. The lowest BCUT2D eigenvalue weighted by Gasteiger charge is -2.28. The summed E-state index contributed by atoms with van der Waals surface area (Å²) in [6.45, 7) is 2.15. The Bertz CT molecular complexity index is 338. The lowest BCUT2D eigenvalue weighted by atomic mass is 9.88. The van der Waals surface area contributed by atoms with Crippen molar-refractivity contribution in [1.82, 2.24) is 10.2 Å². The van der Waals surface area contributed by atoms with Gasteiger partial charge >= 0.3 is 0 Å². The average Bonchev–Trinajstić information content (AvgIpc) is 3.08. The van der Waals surface area contributed by atoms with Crippen LogP contribution in [0, 0.1) is 17.8 Å². The molecule has 114 valence electrons. The van der Waals surface area contributed by atoms with Crippen LogP contribution in [0.2, 0.25) is 0 Å². The van der Waals surface area contributed by atoms with Crippen LogP contribution in [-0.4, -0.2) is 37.0 Å². The maximum Gasteiger partial charge on any atom is 0.222 e. The summed E-state index contributed by atoms with van der Waals surface area (Å²) in [7, 11) is 2.02. The van der Waals surface area contributed by atoms with Crippen LogP contribution >= 0.6 is 0 Å². The number of hydrogen-bond donors (Lipinski definition) is 1. The molecule has 1 aliphatic heterocycles. The van der Waals surface area contributed by atoms with Gasteiger partial charge in [-0.05, 0) is 62.8 Å². The summed E-state index contributed by atoms with van der Waals surface area (Å²) in [6, 6.07) is 0.587. The number of nitrogens with zero attached hydrogens (tertiary/aromatic N) is 1. The Hall–Kier alpha value is -0.570. The van der Waals surface area contributed by atoms with Crippen molar-refractivity contribution in [2.75, 3.05) is 20.1 Å². The van der Waals surface area contributed by atoms with Gasteiger partial charge in [-0.25, -0.2) is 0 Å². The zero-order valence-electron chi connectivity index (χ0n) is 12.9. The third kappa shape index (κ3) is 3.36. The molecule has 2 aliphatic carbocycles. The van der Waals surface area contributed by atoms with E-state index in [1.807, 2.05) is 11.9 Å². The molecule has 2 saturated carbocycles. The SMILES string of the molecule is CN(CC1CC2CCC1C2)C(=O)CCC1CCCCN1. The monoisotopic (exact) mass is 278 g/mol. The number of rotatable bonds is 5. The van der Waals surface area contributed by atoms with E-state index in [1.54, 1.807) is 0 Å². The number of fused-ring (bicyclic) bond motifs is 2. The molecule has 2 bridgehead atoms. The van der Waals surface area contributed by atoms with Crippen molar-refractivity contribution in [2.45, 2.75) is 63.8 Å². The van der Waals surface area contributed by atoms with Gasteiger partial charge in [0.1, 0.15) is 0 Å². The minimum absolute atomic E-state index is 0.361. The molecule has 3 rings (SSSR count). The predicted molar refractivity (Wildman–Crippen MR) is 81.5 cm³/mol. The van der Waals surface area contributed by atoms with Gasteiger partial charge in [0.05, 0.1) is 0 Å². The van der Waals surface area contributed by atoms with Crippen molar-refractivity contribution < 1.29 is 4.79 Å². The van der Waals surface area contributed by atoms with Crippen molar-refractivity contribution >= 4 is 5.91 Å². The van der Waals surface area contributed by atoms with Crippen molar-refractivity contribution in [3.05, 3.63) is 0 Å². The first-order valence-electron chi connectivity index (χ1n) is 8.69. The fraction of sp³-hybridized carbons (Fsp3) is 0.941. The van der Waals surface area contributed by atoms with Crippen LogP contribution < -0.4 is 5.32 Å². The first-order valence-corrected chi connectivity index (χ1v) is 8.69. The number of carbonyl (C=O) groups is 1. The van der Waals surface area contributed by atoms with Gasteiger partial charge in [-0.15, -0.1) is 0 Å². The van der Waals surface area contributed by atoms with E-state index in [4.69, 9.17) is 0 Å². The minimum atomic E-state index is 0.361. The summed E-state index contributed by atoms with van der Waals surface area (Å²) < 4.78 is 0. The third-order valence-corrected chi connectivity index (χ3v) is 5.94. The van der Waals surface area contributed by atoms with E-state index in [2.05, 4.69) is 5.32 Å². The van der Waals surface area contributed by atoms with Gasteiger partial charge in [0.15, 0.2) is 0 Å². The number of nitrogens with one attached hydrogen (secondary N) is 1. The van der Waals surface area contributed by atoms with Gasteiger partial charge in [-0.1, -0.05) is 12.8 Å². The molecule has 0 radical (unpaired) electrons. The van der Waals surface area contributed by atoms with E-state index in [9.17, 15) is 4.79 Å². The number of amides is 1.